The summed E-state index contributed by atoms with van der Waals surface area (Å²) in [7, 11) is 0. The third-order valence-corrected chi connectivity index (χ3v) is 4.71. The van der Waals surface area contributed by atoms with Gasteiger partial charge >= 0.3 is 0 Å². The van der Waals surface area contributed by atoms with Gasteiger partial charge in [0.15, 0.2) is 5.78 Å². The third-order valence-electron chi connectivity index (χ3n) is 4.71. The van der Waals surface area contributed by atoms with E-state index >= 15 is 0 Å². The lowest BCUT2D eigenvalue weighted by molar-refractivity contribution is -0.112. The fraction of sp³-hybridized carbons (Fsp3) is 0.769. The molecule has 2 saturated carbocycles. The molecule has 0 aromatic carbocycles. The van der Waals surface area contributed by atoms with E-state index < -0.39 is 0 Å². The molecular formula is C13H20O. The van der Waals surface area contributed by atoms with E-state index in [2.05, 4.69) is 20.8 Å². The zero-order chi connectivity index (χ0) is 10.5. The highest BCUT2D eigenvalue weighted by molar-refractivity contribution is 5.88. The molecule has 2 fully saturated rings. The molecule has 0 heterocycles. The lowest BCUT2D eigenvalue weighted by atomic mass is 9.68. The van der Waals surface area contributed by atoms with Crippen molar-refractivity contribution in [2.75, 3.05) is 0 Å². The molecule has 3 unspecified atom stereocenters. The van der Waals surface area contributed by atoms with Gasteiger partial charge < -0.3 is 0 Å². The lowest BCUT2D eigenvalue weighted by Gasteiger charge is -2.37. The molecule has 0 aromatic rings. The van der Waals surface area contributed by atoms with Crippen LogP contribution in [0.1, 0.15) is 40.5 Å². The average Bonchev–Trinajstić information content (AvgIpc) is 2.52. The van der Waals surface area contributed by atoms with Crippen LogP contribution in [0.15, 0.2) is 11.6 Å². The average molecular weight is 192 g/mol. The Hall–Kier alpha value is -0.590. The van der Waals surface area contributed by atoms with Gasteiger partial charge in [0.25, 0.3) is 0 Å². The molecule has 2 bridgehead atoms. The van der Waals surface area contributed by atoms with E-state index in [1.165, 1.54) is 18.4 Å². The zero-order valence-electron chi connectivity index (χ0n) is 9.63. The first-order valence-corrected chi connectivity index (χ1v) is 5.64. The smallest absolute Gasteiger partial charge is 0.152 e. The maximum absolute atomic E-state index is 11.1. The Bertz CT molecular complexity index is 294. The van der Waals surface area contributed by atoms with Crippen LogP contribution in [0.3, 0.4) is 0 Å². The summed E-state index contributed by atoms with van der Waals surface area (Å²) in [6, 6.07) is 0. The van der Waals surface area contributed by atoms with Crippen molar-refractivity contribution >= 4 is 5.78 Å². The van der Waals surface area contributed by atoms with Crippen LogP contribution in [0.2, 0.25) is 0 Å². The van der Waals surface area contributed by atoms with Crippen molar-refractivity contribution < 1.29 is 4.79 Å². The molecule has 0 N–H and O–H groups in total. The van der Waals surface area contributed by atoms with Crippen LogP contribution in [0.25, 0.3) is 0 Å². The zero-order valence-corrected chi connectivity index (χ0v) is 9.63. The normalized spacial score (nSPS) is 42.0. The van der Waals surface area contributed by atoms with Crippen molar-refractivity contribution in [2.24, 2.45) is 23.2 Å². The number of fused-ring (bicyclic) bond motifs is 2. The molecule has 0 amide bonds. The first-order valence-electron chi connectivity index (χ1n) is 5.64. The second-order valence-corrected chi connectivity index (χ2v) is 5.68. The fourth-order valence-corrected chi connectivity index (χ4v) is 3.39. The van der Waals surface area contributed by atoms with Crippen LogP contribution in [-0.2, 0) is 4.79 Å². The molecule has 2 aliphatic carbocycles. The van der Waals surface area contributed by atoms with Crippen LogP contribution in [0.5, 0.6) is 0 Å². The molecule has 78 valence electrons. The van der Waals surface area contributed by atoms with Gasteiger partial charge in [0.05, 0.1) is 0 Å². The predicted molar refractivity (Wildman–Crippen MR) is 57.9 cm³/mol. The van der Waals surface area contributed by atoms with E-state index in [9.17, 15) is 4.79 Å². The number of hydrogen-bond donors (Lipinski definition) is 0. The highest BCUT2D eigenvalue weighted by Gasteiger charge is 2.52. The van der Waals surface area contributed by atoms with Gasteiger partial charge in [-0.05, 0) is 49.0 Å². The van der Waals surface area contributed by atoms with Gasteiger partial charge in [-0.2, -0.15) is 0 Å². The standard InChI is InChI=1S/C13H20O/c1-8(14)5-10-6-11-7-12(10)9(2)13(11,3)4/h5,9,11-12H,6-7H2,1-4H3. The number of allylic oxidation sites excluding steroid dienone is 2. The minimum atomic E-state index is 0.220. The van der Waals surface area contributed by atoms with Crippen LogP contribution in [0, 0.1) is 23.2 Å². The van der Waals surface area contributed by atoms with Gasteiger partial charge in [-0.3, -0.25) is 4.79 Å². The Kier molecular flexibility index (Phi) is 2.09. The van der Waals surface area contributed by atoms with Crippen LogP contribution < -0.4 is 0 Å². The maximum Gasteiger partial charge on any atom is 0.152 e. The van der Waals surface area contributed by atoms with Gasteiger partial charge in [0.1, 0.15) is 0 Å². The first kappa shape index (κ1) is 9.95. The van der Waals surface area contributed by atoms with Crippen LogP contribution >= 0.6 is 0 Å². The third kappa shape index (κ3) is 1.25. The van der Waals surface area contributed by atoms with E-state index in [-0.39, 0.29) is 5.78 Å². The van der Waals surface area contributed by atoms with E-state index in [0.29, 0.717) is 11.3 Å². The minimum absolute atomic E-state index is 0.220. The van der Waals surface area contributed by atoms with Crippen molar-refractivity contribution in [1.82, 2.24) is 0 Å². The highest BCUT2D eigenvalue weighted by atomic mass is 16.1. The molecule has 0 spiro atoms. The predicted octanol–water partition coefficient (Wildman–Crippen LogP) is 3.20. The monoisotopic (exact) mass is 192 g/mol. The second-order valence-electron chi connectivity index (χ2n) is 5.68. The fourth-order valence-electron chi connectivity index (χ4n) is 3.39. The second kappa shape index (κ2) is 2.95. The number of ketones is 1. The Labute approximate surface area is 86.6 Å². The minimum Gasteiger partial charge on any atom is -0.295 e. The number of carbonyl (C=O) groups is 1. The summed E-state index contributed by atoms with van der Waals surface area (Å²) in [5.74, 6) is 2.47. The Morgan fingerprint density at radius 1 is 1.50 bits per heavy atom. The van der Waals surface area contributed by atoms with Crippen LogP contribution in [-0.4, -0.2) is 5.78 Å². The van der Waals surface area contributed by atoms with E-state index in [4.69, 9.17) is 0 Å². The number of carbonyl (C=O) groups excluding carboxylic acids is 1. The van der Waals surface area contributed by atoms with Gasteiger partial charge in [0.2, 0.25) is 0 Å². The van der Waals surface area contributed by atoms with Crippen molar-refractivity contribution in [1.29, 1.82) is 0 Å². The van der Waals surface area contributed by atoms with Gasteiger partial charge in [-0.25, -0.2) is 0 Å². The van der Waals surface area contributed by atoms with Crippen molar-refractivity contribution in [3.63, 3.8) is 0 Å². The molecule has 0 aromatic heterocycles. The molecule has 0 radical (unpaired) electrons. The number of hydrogen-bond acceptors (Lipinski definition) is 1. The topological polar surface area (TPSA) is 17.1 Å². The molecular weight excluding hydrogens is 172 g/mol. The quantitative estimate of drug-likeness (QED) is 0.583. The molecule has 2 aliphatic rings. The molecule has 1 heteroatoms. The van der Waals surface area contributed by atoms with E-state index in [1.807, 2.05) is 6.08 Å². The summed E-state index contributed by atoms with van der Waals surface area (Å²) in [6.07, 6.45) is 4.37. The molecule has 3 atom stereocenters. The summed E-state index contributed by atoms with van der Waals surface area (Å²) < 4.78 is 0. The number of rotatable bonds is 1. The first-order chi connectivity index (χ1) is 6.43. The molecule has 14 heavy (non-hydrogen) atoms. The SMILES string of the molecule is CC(=O)C=C1CC2CC1C(C)C2(C)C. The lowest BCUT2D eigenvalue weighted by Crippen LogP contribution is -2.29. The van der Waals surface area contributed by atoms with Crippen molar-refractivity contribution in [3.05, 3.63) is 11.6 Å². The van der Waals surface area contributed by atoms with Gasteiger partial charge in [-0.1, -0.05) is 26.3 Å². The Morgan fingerprint density at radius 2 is 2.14 bits per heavy atom. The van der Waals surface area contributed by atoms with Crippen molar-refractivity contribution in [2.45, 2.75) is 40.5 Å². The molecule has 0 saturated heterocycles. The summed E-state index contributed by atoms with van der Waals surface area (Å²) in [6.45, 7) is 8.77. The van der Waals surface area contributed by atoms with Gasteiger partial charge in [-0.15, -0.1) is 0 Å². The summed E-state index contributed by atoms with van der Waals surface area (Å²) >= 11 is 0. The molecule has 2 rings (SSSR count). The Morgan fingerprint density at radius 3 is 2.57 bits per heavy atom. The van der Waals surface area contributed by atoms with E-state index in [1.54, 1.807) is 6.92 Å². The van der Waals surface area contributed by atoms with E-state index in [0.717, 1.165) is 11.8 Å². The summed E-state index contributed by atoms with van der Waals surface area (Å²) in [4.78, 5) is 11.1. The van der Waals surface area contributed by atoms with Gasteiger partial charge in [0, 0.05) is 0 Å². The Balaban J connectivity index is 2.25. The summed E-state index contributed by atoms with van der Waals surface area (Å²) in [5.41, 5.74) is 1.91. The van der Waals surface area contributed by atoms with Crippen molar-refractivity contribution in [3.8, 4) is 0 Å². The summed E-state index contributed by atoms with van der Waals surface area (Å²) in [5, 5.41) is 0. The largest absolute Gasteiger partial charge is 0.295 e. The molecule has 0 aliphatic heterocycles. The molecule has 1 nitrogen and oxygen atoms in total. The highest BCUT2D eigenvalue weighted by Crippen LogP contribution is 2.61. The van der Waals surface area contributed by atoms with Crippen LogP contribution in [0.4, 0.5) is 0 Å². The maximum atomic E-state index is 11.1.